The maximum atomic E-state index is 13.4. The number of carbonyl (C=O) groups is 1. The Morgan fingerprint density at radius 2 is 2.03 bits per heavy atom. The number of H-pyrrole nitrogens is 1. The van der Waals surface area contributed by atoms with Crippen molar-refractivity contribution < 1.29 is 13.9 Å². The third-order valence-electron chi connectivity index (χ3n) is 5.12. The van der Waals surface area contributed by atoms with Crippen LogP contribution in [-0.4, -0.2) is 38.1 Å². The lowest BCUT2D eigenvalue weighted by Gasteiger charge is -2.26. The zero-order chi connectivity index (χ0) is 22.7. The van der Waals surface area contributed by atoms with Gasteiger partial charge in [-0.25, -0.2) is 19.2 Å². The molecule has 0 aliphatic rings. The van der Waals surface area contributed by atoms with Gasteiger partial charge >= 0.3 is 6.03 Å². The number of anilines is 1. The Balaban J connectivity index is 1.55. The van der Waals surface area contributed by atoms with E-state index in [1.165, 1.54) is 29.4 Å². The third kappa shape index (κ3) is 4.47. The van der Waals surface area contributed by atoms with Gasteiger partial charge in [0.05, 0.1) is 11.1 Å². The number of urea groups is 1. The molecule has 4 rings (SSSR count). The van der Waals surface area contributed by atoms with Crippen LogP contribution in [-0.2, 0) is 6.61 Å². The molecule has 0 aliphatic carbocycles. The van der Waals surface area contributed by atoms with Crippen molar-refractivity contribution in [2.24, 2.45) is 0 Å². The van der Waals surface area contributed by atoms with Gasteiger partial charge in [0, 0.05) is 29.9 Å². The summed E-state index contributed by atoms with van der Waals surface area (Å²) in [7, 11) is 1.67. The number of amides is 2. The fraction of sp³-hybridized carbons (Fsp3) is 0.182. The summed E-state index contributed by atoms with van der Waals surface area (Å²) in [6, 6.07) is 11.0. The minimum absolute atomic E-state index is 0.0605. The molecule has 10 heteroatoms. The summed E-state index contributed by atoms with van der Waals surface area (Å²) < 4.78 is 19.2. The van der Waals surface area contributed by atoms with Crippen LogP contribution in [0.5, 0.6) is 5.88 Å². The molecule has 4 aromatic rings. The fourth-order valence-corrected chi connectivity index (χ4v) is 3.42. The molecule has 2 aromatic carbocycles. The number of aromatic nitrogens is 4. The zero-order valence-corrected chi connectivity index (χ0v) is 18.1. The van der Waals surface area contributed by atoms with Gasteiger partial charge in [-0.3, -0.25) is 5.10 Å². The number of hydrogen-bond acceptors (Lipinski definition) is 5. The highest BCUT2D eigenvalue weighted by Gasteiger charge is 2.21. The van der Waals surface area contributed by atoms with Crippen molar-refractivity contribution in [1.29, 1.82) is 0 Å². The van der Waals surface area contributed by atoms with Crippen LogP contribution in [0, 0.1) is 5.82 Å². The average Bonchev–Trinajstić information content (AvgIpc) is 3.32. The smallest absolute Gasteiger partial charge is 0.322 e. The van der Waals surface area contributed by atoms with Crippen LogP contribution < -0.4 is 10.1 Å². The molecule has 2 amide bonds. The summed E-state index contributed by atoms with van der Waals surface area (Å²) in [4.78, 5) is 22.8. The van der Waals surface area contributed by atoms with Crippen molar-refractivity contribution in [3.8, 4) is 5.88 Å². The highest BCUT2D eigenvalue weighted by atomic mass is 35.5. The van der Waals surface area contributed by atoms with E-state index in [4.69, 9.17) is 16.3 Å². The predicted molar refractivity (Wildman–Crippen MR) is 119 cm³/mol. The Bertz CT molecular complexity index is 1250. The monoisotopic (exact) mass is 454 g/mol. The van der Waals surface area contributed by atoms with E-state index in [0.717, 1.165) is 16.3 Å². The van der Waals surface area contributed by atoms with Gasteiger partial charge in [-0.1, -0.05) is 29.8 Å². The number of rotatable bonds is 6. The van der Waals surface area contributed by atoms with E-state index in [9.17, 15) is 9.18 Å². The van der Waals surface area contributed by atoms with Crippen molar-refractivity contribution in [1.82, 2.24) is 25.1 Å². The molecule has 0 saturated heterocycles. The summed E-state index contributed by atoms with van der Waals surface area (Å²) in [6.45, 7) is 2.10. The van der Waals surface area contributed by atoms with Crippen molar-refractivity contribution in [3.63, 3.8) is 0 Å². The van der Waals surface area contributed by atoms with Gasteiger partial charge < -0.3 is 15.0 Å². The summed E-state index contributed by atoms with van der Waals surface area (Å²) in [6.07, 6.45) is 3.11. The van der Waals surface area contributed by atoms with Crippen molar-refractivity contribution in [3.05, 3.63) is 77.2 Å². The molecule has 0 aliphatic heterocycles. The SMILES string of the molecule is C[C@@H](c1cnc(OCc2ncn[nH]2)c2ccccc12)N(C)C(=O)Nc1ccc(F)c(Cl)c1. The number of nitrogens with zero attached hydrogens (tertiary/aromatic N) is 4. The number of pyridine rings is 1. The molecular weight excluding hydrogens is 435 g/mol. The van der Waals surface area contributed by atoms with Crippen LogP contribution in [0.1, 0.15) is 24.4 Å². The van der Waals surface area contributed by atoms with Crippen molar-refractivity contribution in [2.75, 3.05) is 12.4 Å². The summed E-state index contributed by atoms with van der Waals surface area (Å²) in [5, 5.41) is 10.9. The minimum atomic E-state index is -0.547. The molecule has 0 unspecified atom stereocenters. The fourth-order valence-electron chi connectivity index (χ4n) is 3.24. The Labute approximate surface area is 188 Å². The van der Waals surface area contributed by atoms with E-state index in [0.29, 0.717) is 17.4 Å². The molecule has 8 nitrogen and oxygen atoms in total. The number of hydrogen-bond donors (Lipinski definition) is 2. The largest absolute Gasteiger partial charge is 0.469 e. The first-order chi connectivity index (χ1) is 15.4. The molecule has 164 valence electrons. The standard InChI is InChI=1S/C22H20ClFN6O2/c1-13(30(2)22(31)28-14-7-8-19(24)18(23)9-14)17-10-25-21(16-6-4-3-5-15(16)17)32-11-20-26-12-27-29-20/h3-10,12-13H,11H2,1-2H3,(H,28,31)(H,26,27,29)/t13-/m0/s1. The molecule has 1 atom stereocenters. The van der Waals surface area contributed by atoms with Crippen molar-refractivity contribution >= 4 is 34.1 Å². The van der Waals surface area contributed by atoms with Gasteiger partial charge in [0.1, 0.15) is 18.8 Å². The highest BCUT2D eigenvalue weighted by molar-refractivity contribution is 6.31. The zero-order valence-electron chi connectivity index (χ0n) is 17.3. The van der Waals surface area contributed by atoms with E-state index < -0.39 is 5.82 Å². The lowest BCUT2D eigenvalue weighted by atomic mass is 10.0. The average molecular weight is 455 g/mol. The first kappa shape index (κ1) is 21.5. The Morgan fingerprint density at radius 3 is 2.75 bits per heavy atom. The first-order valence-corrected chi connectivity index (χ1v) is 10.2. The van der Waals surface area contributed by atoms with Crippen LogP contribution in [0.3, 0.4) is 0 Å². The Kier molecular flexibility index (Phi) is 6.18. The molecule has 2 N–H and O–H groups in total. The van der Waals surface area contributed by atoms with Gasteiger partial charge in [-0.15, -0.1) is 0 Å². The maximum absolute atomic E-state index is 13.4. The number of fused-ring (bicyclic) bond motifs is 1. The van der Waals surface area contributed by atoms with E-state index in [1.54, 1.807) is 13.2 Å². The lowest BCUT2D eigenvalue weighted by molar-refractivity contribution is 0.208. The molecule has 0 spiro atoms. The predicted octanol–water partition coefficient (Wildman–Crippen LogP) is 4.95. The summed E-state index contributed by atoms with van der Waals surface area (Å²) in [5.41, 5.74) is 1.25. The summed E-state index contributed by atoms with van der Waals surface area (Å²) in [5.74, 6) is 0.501. The van der Waals surface area contributed by atoms with Crippen LogP contribution in [0.2, 0.25) is 5.02 Å². The molecule has 0 fully saturated rings. The molecule has 0 saturated carbocycles. The van der Waals surface area contributed by atoms with Crippen LogP contribution in [0.25, 0.3) is 10.8 Å². The number of nitrogens with one attached hydrogen (secondary N) is 2. The molecule has 32 heavy (non-hydrogen) atoms. The highest BCUT2D eigenvalue weighted by Crippen LogP contribution is 2.32. The first-order valence-electron chi connectivity index (χ1n) is 9.77. The maximum Gasteiger partial charge on any atom is 0.322 e. The molecule has 2 aromatic heterocycles. The van der Waals surface area contributed by atoms with Gasteiger partial charge in [0.2, 0.25) is 5.88 Å². The van der Waals surface area contributed by atoms with Crippen LogP contribution in [0.4, 0.5) is 14.9 Å². The quantitative estimate of drug-likeness (QED) is 0.429. The van der Waals surface area contributed by atoms with Gasteiger partial charge in [-0.2, -0.15) is 5.10 Å². The van der Waals surface area contributed by atoms with Gasteiger partial charge in [0.25, 0.3) is 0 Å². The molecule has 0 radical (unpaired) electrons. The lowest BCUT2D eigenvalue weighted by Crippen LogP contribution is -2.33. The molecule has 2 heterocycles. The van der Waals surface area contributed by atoms with Crippen molar-refractivity contribution in [2.45, 2.75) is 19.6 Å². The van der Waals surface area contributed by atoms with Gasteiger partial charge in [-0.05, 0) is 36.6 Å². The number of carbonyl (C=O) groups excluding carboxylic acids is 1. The minimum Gasteiger partial charge on any atom is -0.469 e. The van der Waals surface area contributed by atoms with E-state index in [2.05, 4.69) is 25.5 Å². The molecule has 0 bridgehead atoms. The second-order valence-corrected chi connectivity index (χ2v) is 7.54. The number of aromatic amines is 1. The van der Waals surface area contributed by atoms with Crippen LogP contribution >= 0.6 is 11.6 Å². The topological polar surface area (TPSA) is 96.0 Å². The van der Waals surface area contributed by atoms with E-state index in [1.807, 2.05) is 31.2 Å². The number of halogens is 2. The molecular formula is C22H20ClFN6O2. The van der Waals surface area contributed by atoms with Gasteiger partial charge in [0.15, 0.2) is 5.82 Å². The van der Waals surface area contributed by atoms with Crippen LogP contribution in [0.15, 0.2) is 55.0 Å². The normalized spacial score (nSPS) is 11.9. The Morgan fingerprint density at radius 1 is 1.25 bits per heavy atom. The Hall–Kier alpha value is -3.72. The summed E-state index contributed by atoms with van der Waals surface area (Å²) >= 11 is 5.80. The van der Waals surface area contributed by atoms with E-state index >= 15 is 0 Å². The second kappa shape index (κ2) is 9.19. The van der Waals surface area contributed by atoms with E-state index in [-0.39, 0.29) is 23.7 Å². The number of ether oxygens (including phenoxy) is 1. The second-order valence-electron chi connectivity index (χ2n) is 7.13. The third-order valence-corrected chi connectivity index (χ3v) is 5.41. The number of benzene rings is 2.